The fourth-order valence-electron chi connectivity index (χ4n) is 3.10. The normalized spacial score (nSPS) is 11.0. The van der Waals surface area contributed by atoms with E-state index in [-0.39, 0.29) is 19.6 Å². The number of hydrogen-bond donors (Lipinski definition) is 7. The summed E-state index contributed by atoms with van der Waals surface area (Å²) < 4.78 is 0. The van der Waals surface area contributed by atoms with Crippen molar-refractivity contribution in [2.75, 3.05) is 48.0 Å². The molecule has 2 rings (SSSR count). The van der Waals surface area contributed by atoms with Crippen molar-refractivity contribution in [1.29, 1.82) is 0 Å². The van der Waals surface area contributed by atoms with E-state index in [1.54, 1.807) is 12.1 Å². The maximum Gasteiger partial charge on any atom is 0.151 e. The number of aliphatic hydroxyl groups excluding tert-OH is 3. The second-order valence-corrected chi connectivity index (χ2v) is 6.56. The van der Waals surface area contributed by atoms with Crippen LogP contribution in [0.2, 0.25) is 0 Å². The average molecular weight is 390 g/mol. The molecule has 2 aromatic rings. The Labute approximate surface area is 165 Å². The van der Waals surface area contributed by atoms with Gasteiger partial charge in [-0.2, -0.15) is 0 Å². The lowest BCUT2D eigenvalue weighted by molar-refractivity contribution is -0.0446. The van der Waals surface area contributed by atoms with Gasteiger partial charge in [0, 0.05) is 48.8 Å². The third-order valence-corrected chi connectivity index (χ3v) is 4.60. The molecule has 0 saturated carbocycles. The second kappa shape index (κ2) is 10.7. The van der Waals surface area contributed by atoms with Crippen LogP contribution in [0.25, 0.3) is 0 Å². The summed E-state index contributed by atoms with van der Waals surface area (Å²) in [4.78, 5) is 1.90. The predicted molar refractivity (Wildman–Crippen MR) is 112 cm³/mol. The van der Waals surface area contributed by atoms with Gasteiger partial charge in [-0.15, -0.1) is 0 Å². The van der Waals surface area contributed by atoms with Crippen LogP contribution in [0.15, 0.2) is 36.4 Å². The number of nitrogens with one attached hydrogen (secondary N) is 1. The molecule has 0 aromatic heterocycles. The molecule has 0 unspecified atom stereocenters. The lowest BCUT2D eigenvalue weighted by Gasteiger charge is -2.23. The molecule has 8 heteroatoms. The smallest absolute Gasteiger partial charge is 0.151 e. The number of rotatable bonds is 11. The summed E-state index contributed by atoms with van der Waals surface area (Å²) in [6.45, 7) is 1.38. The number of nitrogens with two attached hydrogens (primary N) is 2. The Morgan fingerprint density at radius 1 is 0.857 bits per heavy atom. The van der Waals surface area contributed by atoms with Crippen LogP contribution < -0.4 is 21.7 Å². The summed E-state index contributed by atoms with van der Waals surface area (Å²) in [5, 5.41) is 39.9. The summed E-state index contributed by atoms with van der Waals surface area (Å²) in [7, 11) is 0. The quantitative estimate of drug-likeness (QED) is 0.217. The van der Waals surface area contributed by atoms with Gasteiger partial charge < -0.3 is 42.1 Å². The summed E-state index contributed by atoms with van der Waals surface area (Å²) >= 11 is 0. The van der Waals surface area contributed by atoms with E-state index in [1.807, 2.05) is 29.2 Å². The summed E-state index contributed by atoms with van der Waals surface area (Å²) in [5.74, 6) is 0. The first kappa shape index (κ1) is 21.8. The molecule has 0 aliphatic rings. The molecule has 0 bridgehead atoms. The first-order valence-electron chi connectivity index (χ1n) is 9.28. The summed E-state index contributed by atoms with van der Waals surface area (Å²) in [6, 6.07) is 11.1. The lowest BCUT2D eigenvalue weighted by Crippen LogP contribution is -2.29. The van der Waals surface area contributed by atoms with Gasteiger partial charge >= 0.3 is 0 Å². The molecule has 0 saturated heterocycles. The molecule has 0 atom stereocenters. The van der Waals surface area contributed by atoms with Crippen molar-refractivity contribution in [3.8, 4) is 0 Å². The maximum atomic E-state index is 9.15. The van der Waals surface area contributed by atoms with E-state index < -0.39 is 6.29 Å². The zero-order valence-electron chi connectivity index (χ0n) is 15.9. The fraction of sp³-hybridized carbons (Fsp3) is 0.400. The third kappa shape index (κ3) is 6.00. The Bertz CT molecular complexity index is 732. The molecule has 28 heavy (non-hydrogen) atoms. The molecule has 0 amide bonds. The van der Waals surface area contributed by atoms with E-state index in [0.29, 0.717) is 37.4 Å². The Morgan fingerprint density at radius 2 is 1.43 bits per heavy atom. The monoisotopic (exact) mass is 390 g/mol. The van der Waals surface area contributed by atoms with Crippen molar-refractivity contribution in [2.24, 2.45) is 0 Å². The largest absolute Gasteiger partial charge is 0.398 e. The van der Waals surface area contributed by atoms with Crippen LogP contribution in [0.4, 0.5) is 22.7 Å². The minimum absolute atomic E-state index is 0.0139. The maximum absolute atomic E-state index is 9.15. The molecule has 0 aliphatic carbocycles. The summed E-state index contributed by atoms with van der Waals surface area (Å²) in [6.07, 6.45) is -0.794. The van der Waals surface area contributed by atoms with Crippen molar-refractivity contribution >= 4 is 22.7 Å². The fourth-order valence-corrected chi connectivity index (χ4v) is 3.10. The number of aliphatic hydroxyl groups is 4. The first-order chi connectivity index (χ1) is 13.5. The van der Waals surface area contributed by atoms with Gasteiger partial charge in [0.15, 0.2) is 6.29 Å². The first-order valence-corrected chi connectivity index (χ1v) is 9.28. The third-order valence-electron chi connectivity index (χ3n) is 4.60. The molecular weight excluding hydrogens is 360 g/mol. The van der Waals surface area contributed by atoms with Crippen molar-refractivity contribution in [2.45, 2.75) is 25.7 Å². The van der Waals surface area contributed by atoms with Gasteiger partial charge in [0.25, 0.3) is 0 Å². The van der Waals surface area contributed by atoms with E-state index >= 15 is 0 Å². The average Bonchev–Trinajstić information content (AvgIpc) is 2.68. The summed E-state index contributed by atoms with van der Waals surface area (Å²) in [5.41, 5.74) is 16.8. The minimum atomic E-state index is -1.39. The van der Waals surface area contributed by atoms with E-state index in [1.165, 1.54) is 0 Å². The van der Waals surface area contributed by atoms with Crippen LogP contribution >= 0.6 is 0 Å². The van der Waals surface area contributed by atoms with Crippen LogP contribution in [-0.2, 0) is 13.0 Å². The Hall–Kier alpha value is -2.52. The highest BCUT2D eigenvalue weighted by molar-refractivity contribution is 5.63. The van der Waals surface area contributed by atoms with Crippen LogP contribution in [0, 0.1) is 0 Å². The van der Waals surface area contributed by atoms with E-state index in [2.05, 4.69) is 5.32 Å². The SMILES string of the molecule is Nc1ccc(N)c(CNc2ccc(N(CCO)CCO)cc2)c1CCC(O)O. The van der Waals surface area contributed by atoms with Crippen molar-refractivity contribution in [3.63, 3.8) is 0 Å². The van der Waals surface area contributed by atoms with Crippen molar-refractivity contribution in [1.82, 2.24) is 0 Å². The van der Waals surface area contributed by atoms with Gasteiger partial charge in [-0.1, -0.05) is 0 Å². The van der Waals surface area contributed by atoms with Gasteiger partial charge in [-0.05, 0) is 53.9 Å². The van der Waals surface area contributed by atoms with E-state index in [9.17, 15) is 0 Å². The van der Waals surface area contributed by atoms with Crippen LogP contribution in [0.3, 0.4) is 0 Å². The molecule has 154 valence electrons. The molecule has 0 heterocycles. The van der Waals surface area contributed by atoms with Crippen molar-refractivity contribution in [3.05, 3.63) is 47.5 Å². The van der Waals surface area contributed by atoms with Gasteiger partial charge in [0.1, 0.15) is 0 Å². The second-order valence-electron chi connectivity index (χ2n) is 6.56. The molecule has 0 radical (unpaired) electrons. The number of nitrogen functional groups attached to an aromatic ring is 2. The zero-order valence-corrected chi connectivity index (χ0v) is 15.9. The number of hydrogen-bond acceptors (Lipinski definition) is 8. The van der Waals surface area contributed by atoms with Gasteiger partial charge in [-0.3, -0.25) is 0 Å². The zero-order chi connectivity index (χ0) is 20.5. The van der Waals surface area contributed by atoms with E-state index in [4.69, 9.17) is 31.9 Å². The molecule has 9 N–H and O–H groups in total. The van der Waals surface area contributed by atoms with Crippen LogP contribution in [-0.4, -0.2) is 53.0 Å². The standard InChI is InChI=1S/C20H30N4O4/c21-18-6-7-19(22)17(16(18)5-8-20(27)28)13-23-14-1-3-15(4-2-14)24(9-11-25)10-12-26/h1-4,6-7,20,23,25-28H,5,8-13,21-22H2. The van der Waals surface area contributed by atoms with Gasteiger partial charge in [0.05, 0.1) is 13.2 Å². The van der Waals surface area contributed by atoms with Crippen molar-refractivity contribution < 1.29 is 20.4 Å². The Balaban J connectivity index is 2.10. The molecule has 8 nitrogen and oxygen atoms in total. The van der Waals surface area contributed by atoms with Gasteiger partial charge in [-0.25, -0.2) is 0 Å². The Kier molecular flexibility index (Phi) is 8.34. The number of nitrogens with zero attached hydrogens (tertiary/aromatic N) is 1. The number of benzene rings is 2. The molecular formula is C20H30N4O4. The molecule has 0 fully saturated rings. The van der Waals surface area contributed by atoms with Gasteiger partial charge in [0.2, 0.25) is 0 Å². The van der Waals surface area contributed by atoms with E-state index in [0.717, 1.165) is 22.5 Å². The molecule has 2 aromatic carbocycles. The molecule has 0 spiro atoms. The lowest BCUT2D eigenvalue weighted by atomic mass is 9.98. The highest BCUT2D eigenvalue weighted by atomic mass is 16.5. The minimum Gasteiger partial charge on any atom is -0.398 e. The predicted octanol–water partition coefficient (Wildman–Crippen LogP) is 0.497. The van der Waals surface area contributed by atoms with Crippen LogP contribution in [0.1, 0.15) is 17.5 Å². The molecule has 0 aliphatic heterocycles. The van der Waals surface area contributed by atoms with Crippen LogP contribution in [0.5, 0.6) is 0 Å². The highest BCUT2D eigenvalue weighted by Crippen LogP contribution is 2.26. The highest BCUT2D eigenvalue weighted by Gasteiger charge is 2.12. The topological polar surface area (TPSA) is 148 Å². The number of anilines is 4. The Morgan fingerprint density at radius 3 is 1.96 bits per heavy atom.